The summed E-state index contributed by atoms with van der Waals surface area (Å²) in [5, 5.41) is 0. The van der Waals surface area contributed by atoms with Crippen LogP contribution in [0.15, 0.2) is 18.2 Å². The Balaban J connectivity index is 2.92. The first kappa shape index (κ1) is 10.6. The molecule has 0 unspecified atom stereocenters. The molecule has 0 N–H and O–H groups in total. The second kappa shape index (κ2) is 4.65. The van der Waals surface area contributed by atoms with Gasteiger partial charge < -0.3 is 9.47 Å². The number of hydrogen-bond acceptors (Lipinski definition) is 3. The van der Waals surface area contributed by atoms with Gasteiger partial charge >= 0.3 is 5.97 Å². The van der Waals surface area contributed by atoms with Crippen molar-refractivity contribution in [3.63, 3.8) is 0 Å². The molecule has 0 saturated heterocycles. The van der Waals surface area contributed by atoms with Crippen LogP contribution in [0.4, 0.5) is 0 Å². The van der Waals surface area contributed by atoms with Crippen LogP contribution in [-0.2, 0) is 16.0 Å². The van der Waals surface area contributed by atoms with E-state index >= 15 is 0 Å². The average molecular weight is 194 g/mol. The average Bonchev–Trinajstić information content (AvgIpc) is 2.21. The van der Waals surface area contributed by atoms with E-state index in [9.17, 15) is 4.79 Å². The molecule has 1 aromatic rings. The van der Waals surface area contributed by atoms with E-state index in [1.54, 1.807) is 7.11 Å². The third kappa shape index (κ3) is 2.25. The fraction of sp³-hybridized carbons (Fsp3) is 0.364. The molecule has 0 fully saturated rings. The van der Waals surface area contributed by atoms with Crippen LogP contribution in [0.2, 0.25) is 0 Å². The summed E-state index contributed by atoms with van der Waals surface area (Å²) in [5.74, 6) is 0.563. The summed E-state index contributed by atoms with van der Waals surface area (Å²) in [6.07, 6.45) is 0.291. The van der Waals surface area contributed by atoms with E-state index in [-0.39, 0.29) is 5.97 Å². The topological polar surface area (TPSA) is 35.5 Å². The van der Waals surface area contributed by atoms with Gasteiger partial charge in [0.15, 0.2) is 0 Å². The van der Waals surface area contributed by atoms with Gasteiger partial charge in [-0.1, -0.05) is 12.1 Å². The highest BCUT2D eigenvalue weighted by molar-refractivity contribution is 5.73. The molecular formula is C11H14O3. The highest BCUT2D eigenvalue weighted by Crippen LogP contribution is 2.21. The van der Waals surface area contributed by atoms with E-state index < -0.39 is 0 Å². The molecule has 0 heterocycles. The molecule has 0 radical (unpaired) electrons. The van der Waals surface area contributed by atoms with Crippen LogP contribution < -0.4 is 4.74 Å². The molecule has 0 aliphatic rings. The fourth-order valence-electron chi connectivity index (χ4n) is 1.30. The molecule has 14 heavy (non-hydrogen) atoms. The first-order valence-corrected chi connectivity index (χ1v) is 4.38. The van der Waals surface area contributed by atoms with E-state index in [4.69, 9.17) is 4.74 Å². The maximum atomic E-state index is 11.1. The number of rotatable bonds is 3. The summed E-state index contributed by atoms with van der Waals surface area (Å²) >= 11 is 0. The van der Waals surface area contributed by atoms with Crippen molar-refractivity contribution in [3.05, 3.63) is 29.3 Å². The third-order valence-electron chi connectivity index (χ3n) is 2.18. The molecule has 3 heteroatoms. The molecule has 0 aliphatic heterocycles. The Morgan fingerprint density at radius 3 is 2.64 bits per heavy atom. The molecule has 3 nitrogen and oxygen atoms in total. The van der Waals surface area contributed by atoms with Gasteiger partial charge in [-0.05, 0) is 24.1 Å². The number of esters is 1. The molecule has 76 valence electrons. The number of hydrogen-bond donors (Lipinski definition) is 0. The molecule has 0 amide bonds. The number of methoxy groups -OCH3 is 2. The van der Waals surface area contributed by atoms with E-state index in [1.165, 1.54) is 7.11 Å². The van der Waals surface area contributed by atoms with Crippen molar-refractivity contribution in [3.8, 4) is 5.75 Å². The van der Waals surface area contributed by atoms with Crippen molar-refractivity contribution < 1.29 is 14.3 Å². The van der Waals surface area contributed by atoms with Gasteiger partial charge in [-0.25, -0.2) is 0 Å². The second-order valence-corrected chi connectivity index (χ2v) is 3.00. The molecule has 1 rings (SSSR count). The van der Waals surface area contributed by atoms with Gasteiger partial charge in [-0.15, -0.1) is 0 Å². The molecule has 0 bridgehead atoms. The zero-order chi connectivity index (χ0) is 10.6. The molecule has 0 atom stereocenters. The SMILES string of the molecule is COC(=O)Cc1cccc(OC)c1C. The molecule has 0 aromatic heterocycles. The maximum absolute atomic E-state index is 11.1. The summed E-state index contributed by atoms with van der Waals surface area (Å²) in [4.78, 5) is 11.1. The van der Waals surface area contributed by atoms with Crippen molar-refractivity contribution in [2.75, 3.05) is 14.2 Å². The lowest BCUT2D eigenvalue weighted by Crippen LogP contribution is -2.06. The first-order valence-electron chi connectivity index (χ1n) is 4.38. The summed E-state index contributed by atoms with van der Waals surface area (Å²) in [7, 11) is 3.00. The summed E-state index contributed by atoms with van der Waals surface area (Å²) in [6.45, 7) is 1.93. The molecular weight excluding hydrogens is 180 g/mol. The molecule has 0 saturated carbocycles. The second-order valence-electron chi connectivity index (χ2n) is 3.00. The Morgan fingerprint density at radius 2 is 2.07 bits per heavy atom. The number of benzene rings is 1. The van der Waals surface area contributed by atoms with Crippen molar-refractivity contribution in [1.82, 2.24) is 0 Å². The Hall–Kier alpha value is -1.51. The van der Waals surface area contributed by atoms with E-state index in [2.05, 4.69) is 4.74 Å². The summed E-state index contributed by atoms with van der Waals surface area (Å²) in [6, 6.07) is 5.63. The molecule has 0 aliphatic carbocycles. The van der Waals surface area contributed by atoms with Crippen LogP contribution in [-0.4, -0.2) is 20.2 Å². The van der Waals surface area contributed by atoms with Crippen LogP contribution in [0, 0.1) is 6.92 Å². The number of ether oxygens (including phenoxy) is 2. The minimum absolute atomic E-state index is 0.235. The van der Waals surface area contributed by atoms with Gasteiger partial charge in [0.2, 0.25) is 0 Å². The van der Waals surface area contributed by atoms with Gasteiger partial charge in [-0.2, -0.15) is 0 Å². The lowest BCUT2D eigenvalue weighted by Gasteiger charge is -2.08. The zero-order valence-corrected chi connectivity index (χ0v) is 8.66. The summed E-state index contributed by atoms with van der Waals surface area (Å²) in [5.41, 5.74) is 1.93. The lowest BCUT2D eigenvalue weighted by molar-refractivity contribution is -0.139. The quantitative estimate of drug-likeness (QED) is 0.687. The van der Waals surface area contributed by atoms with Crippen molar-refractivity contribution in [2.24, 2.45) is 0 Å². The zero-order valence-electron chi connectivity index (χ0n) is 8.66. The predicted molar refractivity (Wildman–Crippen MR) is 53.5 cm³/mol. The van der Waals surface area contributed by atoms with E-state index in [0.29, 0.717) is 6.42 Å². The van der Waals surface area contributed by atoms with Gasteiger partial charge in [0, 0.05) is 0 Å². The number of carbonyl (C=O) groups is 1. The van der Waals surface area contributed by atoms with Crippen LogP contribution in [0.3, 0.4) is 0 Å². The van der Waals surface area contributed by atoms with Crippen LogP contribution >= 0.6 is 0 Å². The van der Waals surface area contributed by atoms with Gasteiger partial charge in [0.05, 0.1) is 20.6 Å². The largest absolute Gasteiger partial charge is 0.496 e. The number of carbonyl (C=O) groups excluding carboxylic acids is 1. The Kier molecular flexibility index (Phi) is 3.51. The third-order valence-corrected chi connectivity index (χ3v) is 2.18. The van der Waals surface area contributed by atoms with Gasteiger partial charge in [0.1, 0.15) is 5.75 Å². The molecule has 0 spiro atoms. The highest BCUT2D eigenvalue weighted by atomic mass is 16.5. The Labute approximate surface area is 83.6 Å². The summed E-state index contributed by atoms with van der Waals surface area (Å²) < 4.78 is 9.75. The predicted octanol–water partition coefficient (Wildman–Crippen LogP) is 1.72. The normalized spacial score (nSPS) is 9.64. The van der Waals surface area contributed by atoms with Crippen LogP contribution in [0.1, 0.15) is 11.1 Å². The highest BCUT2D eigenvalue weighted by Gasteiger charge is 2.08. The van der Waals surface area contributed by atoms with Crippen LogP contribution in [0.25, 0.3) is 0 Å². The minimum atomic E-state index is -0.235. The van der Waals surface area contributed by atoms with Crippen LogP contribution in [0.5, 0.6) is 5.75 Å². The first-order chi connectivity index (χ1) is 6.69. The minimum Gasteiger partial charge on any atom is -0.496 e. The van der Waals surface area contributed by atoms with Crippen molar-refractivity contribution in [1.29, 1.82) is 0 Å². The van der Waals surface area contributed by atoms with Gasteiger partial charge in [0.25, 0.3) is 0 Å². The maximum Gasteiger partial charge on any atom is 0.309 e. The molecule has 1 aromatic carbocycles. The Morgan fingerprint density at radius 1 is 1.36 bits per heavy atom. The fourth-order valence-corrected chi connectivity index (χ4v) is 1.30. The monoisotopic (exact) mass is 194 g/mol. The van der Waals surface area contributed by atoms with E-state index in [1.807, 2.05) is 25.1 Å². The Bertz CT molecular complexity index is 331. The van der Waals surface area contributed by atoms with Crippen molar-refractivity contribution >= 4 is 5.97 Å². The van der Waals surface area contributed by atoms with E-state index in [0.717, 1.165) is 16.9 Å². The smallest absolute Gasteiger partial charge is 0.309 e. The van der Waals surface area contributed by atoms with Crippen molar-refractivity contribution in [2.45, 2.75) is 13.3 Å². The lowest BCUT2D eigenvalue weighted by atomic mass is 10.1. The standard InChI is InChI=1S/C11H14O3/c1-8-9(7-11(12)14-3)5-4-6-10(8)13-2/h4-6H,7H2,1-3H3. The van der Waals surface area contributed by atoms with Gasteiger partial charge in [-0.3, -0.25) is 4.79 Å².